The number of hydrogen-bond donors (Lipinski definition) is 2. The molecule has 0 saturated heterocycles. The summed E-state index contributed by atoms with van der Waals surface area (Å²) in [4.78, 5) is 12.4. The molecule has 1 aromatic heterocycles. The van der Waals surface area contributed by atoms with E-state index in [1.807, 2.05) is 25.4 Å². The normalized spacial score (nSPS) is 21.1. The van der Waals surface area contributed by atoms with E-state index in [0.29, 0.717) is 6.42 Å². The molecule has 1 fully saturated rings. The third-order valence-electron chi connectivity index (χ3n) is 4.90. The van der Waals surface area contributed by atoms with Crippen LogP contribution in [0.2, 0.25) is 0 Å². The van der Waals surface area contributed by atoms with Crippen LogP contribution < -0.4 is 5.32 Å². The van der Waals surface area contributed by atoms with E-state index in [2.05, 4.69) is 29.5 Å². The summed E-state index contributed by atoms with van der Waals surface area (Å²) in [6, 6.07) is 8.10. The molecule has 0 spiro atoms. The second-order valence-corrected chi connectivity index (χ2v) is 6.80. The summed E-state index contributed by atoms with van der Waals surface area (Å²) in [7, 11) is 1.87. The van der Waals surface area contributed by atoms with Crippen molar-refractivity contribution in [3.05, 3.63) is 53.3 Å². The lowest BCUT2D eigenvalue weighted by molar-refractivity contribution is -0.123. The third kappa shape index (κ3) is 3.85. The molecule has 0 radical (unpaired) electrons. The molecule has 2 aromatic rings. The predicted molar refractivity (Wildman–Crippen MR) is 92.3 cm³/mol. The van der Waals surface area contributed by atoms with Gasteiger partial charge >= 0.3 is 0 Å². The lowest BCUT2D eigenvalue weighted by atomic mass is 9.75. The van der Waals surface area contributed by atoms with Crippen LogP contribution in [0, 0.1) is 12.8 Å². The number of aromatic nitrogens is 2. The Morgan fingerprint density at radius 3 is 2.79 bits per heavy atom. The van der Waals surface area contributed by atoms with Crippen molar-refractivity contribution in [1.82, 2.24) is 15.1 Å². The number of hydrogen-bond acceptors (Lipinski definition) is 3. The van der Waals surface area contributed by atoms with Crippen molar-refractivity contribution in [2.75, 3.05) is 0 Å². The number of aliphatic hydroxyl groups is 1. The van der Waals surface area contributed by atoms with Gasteiger partial charge in [0.2, 0.25) is 5.91 Å². The van der Waals surface area contributed by atoms with E-state index in [1.165, 1.54) is 11.1 Å². The average Bonchev–Trinajstić information content (AvgIpc) is 2.95. The molecule has 128 valence electrons. The molecule has 1 aliphatic carbocycles. The molecule has 0 unspecified atom stereocenters. The van der Waals surface area contributed by atoms with Gasteiger partial charge < -0.3 is 10.4 Å². The van der Waals surface area contributed by atoms with Gasteiger partial charge in [-0.05, 0) is 43.2 Å². The standard InChI is InChI=1S/C19H25N3O2/c1-13-5-3-4-6-14(13)7-8-18(24)21-19(15-9-17(23)10-15)16-11-20-22(2)12-16/h3-6,11-12,15,17,19,23H,7-10H2,1-2H3,(H,21,24)/t15?,17?,19-/m0/s1. The van der Waals surface area contributed by atoms with Crippen LogP contribution in [-0.2, 0) is 18.3 Å². The summed E-state index contributed by atoms with van der Waals surface area (Å²) < 4.78 is 1.75. The molecular weight excluding hydrogens is 302 g/mol. The molecule has 24 heavy (non-hydrogen) atoms. The second kappa shape index (κ2) is 7.18. The number of nitrogens with zero attached hydrogens (tertiary/aromatic N) is 2. The van der Waals surface area contributed by atoms with Crippen molar-refractivity contribution in [2.24, 2.45) is 13.0 Å². The van der Waals surface area contributed by atoms with E-state index in [9.17, 15) is 9.90 Å². The minimum atomic E-state index is -0.238. The highest BCUT2D eigenvalue weighted by atomic mass is 16.3. The summed E-state index contributed by atoms with van der Waals surface area (Å²) in [5, 5.41) is 17.0. The molecule has 1 aliphatic rings. The van der Waals surface area contributed by atoms with Gasteiger partial charge in [0, 0.05) is 25.2 Å². The van der Waals surface area contributed by atoms with E-state index < -0.39 is 0 Å². The molecule has 1 heterocycles. The third-order valence-corrected chi connectivity index (χ3v) is 4.90. The molecule has 5 nitrogen and oxygen atoms in total. The first-order valence-electron chi connectivity index (χ1n) is 8.53. The lowest BCUT2D eigenvalue weighted by Crippen LogP contribution is -2.41. The summed E-state index contributed by atoms with van der Waals surface area (Å²) >= 11 is 0. The number of carbonyl (C=O) groups excluding carboxylic acids is 1. The van der Waals surface area contributed by atoms with Crippen LogP contribution in [0.4, 0.5) is 0 Å². The van der Waals surface area contributed by atoms with Gasteiger partial charge in [0.05, 0.1) is 18.3 Å². The highest BCUT2D eigenvalue weighted by Crippen LogP contribution is 2.38. The zero-order valence-electron chi connectivity index (χ0n) is 14.3. The summed E-state index contributed by atoms with van der Waals surface area (Å²) in [5.41, 5.74) is 3.44. The van der Waals surface area contributed by atoms with E-state index >= 15 is 0 Å². The Morgan fingerprint density at radius 1 is 1.42 bits per heavy atom. The first-order valence-corrected chi connectivity index (χ1v) is 8.53. The summed E-state index contributed by atoms with van der Waals surface area (Å²) in [6.07, 6.45) is 6.18. The number of amides is 1. The van der Waals surface area contributed by atoms with Gasteiger partial charge in [0.1, 0.15) is 0 Å². The maximum atomic E-state index is 12.4. The number of benzene rings is 1. The topological polar surface area (TPSA) is 67.2 Å². The zero-order valence-corrected chi connectivity index (χ0v) is 14.3. The van der Waals surface area contributed by atoms with Crippen LogP contribution in [0.15, 0.2) is 36.7 Å². The van der Waals surface area contributed by atoms with Crippen LogP contribution in [0.5, 0.6) is 0 Å². The lowest BCUT2D eigenvalue weighted by Gasteiger charge is -2.37. The van der Waals surface area contributed by atoms with E-state index in [1.54, 1.807) is 10.9 Å². The Morgan fingerprint density at radius 2 is 2.17 bits per heavy atom. The number of nitrogens with one attached hydrogen (secondary N) is 1. The molecule has 0 bridgehead atoms. The van der Waals surface area contributed by atoms with Crippen molar-refractivity contribution < 1.29 is 9.90 Å². The van der Waals surface area contributed by atoms with Crippen molar-refractivity contribution in [3.63, 3.8) is 0 Å². The number of carbonyl (C=O) groups is 1. The minimum Gasteiger partial charge on any atom is -0.393 e. The highest BCUT2D eigenvalue weighted by molar-refractivity contribution is 5.76. The molecule has 3 rings (SSSR count). The number of aryl methyl sites for hydroxylation is 3. The first-order chi connectivity index (χ1) is 11.5. The Bertz CT molecular complexity index is 704. The maximum Gasteiger partial charge on any atom is 0.220 e. The summed E-state index contributed by atoms with van der Waals surface area (Å²) in [6.45, 7) is 2.07. The monoisotopic (exact) mass is 327 g/mol. The second-order valence-electron chi connectivity index (χ2n) is 6.80. The van der Waals surface area contributed by atoms with Gasteiger partial charge in [-0.15, -0.1) is 0 Å². The van der Waals surface area contributed by atoms with Crippen LogP contribution in [0.3, 0.4) is 0 Å². The minimum absolute atomic E-state index is 0.0495. The van der Waals surface area contributed by atoms with Gasteiger partial charge in [-0.3, -0.25) is 9.48 Å². The van der Waals surface area contributed by atoms with Crippen molar-refractivity contribution >= 4 is 5.91 Å². The van der Waals surface area contributed by atoms with Crippen LogP contribution in [0.1, 0.15) is 42.0 Å². The van der Waals surface area contributed by atoms with Gasteiger partial charge in [-0.1, -0.05) is 24.3 Å². The Labute approximate surface area is 142 Å². The highest BCUT2D eigenvalue weighted by Gasteiger charge is 2.36. The van der Waals surface area contributed by atoms with Gasteiger partial charge in [-0.2, -0.15) is 5.10 Å². The van der Waals surface area contributed by atoms with E-state index in [-0.39, 0.29) is 24.0 Å². The fraction of sp³-hybridized carbons (Fsp3) is 0.474. The Hall–Kier alpha value is -2.14. The quantitative estimate of drug-likeness (QED) is 0.855. The van der Waals surface area contributed by atoms with Gasteiger partial charge in [0.25, 0.3) is 0 Å². The van der Waals surface area contributed by atoms with Crippen LogP contribution in [0.25, 0.3) is 0 Å². The number of rotatable bonds is 6. The molecule has 5 heteroatoms. The molecule has 1 aromatic carbocycles. The van der Waals surface area contributed by atoms with Crippen molar-refractivity contribution in [1.29, 1.82) is 0 Å². The fourth-order valence-electron chi connectivity index (χ4n) is 3.36. The summed E-state index contributed by atoms with van der Waals surface area (Å²) in [5.74, 6) is 0.333. The predicted octanol–water partition coefficient (Wildman–Crippen LogP) is 2.29. The molecular formula is C19H25N3O2. The van der Waals surface area contributed by atoms with Crippen LogP contribution in [-0.4, -0.2) is 26.9 Å². The zero-order chi connectivity index (χ0) is 17.1. The van der Waals surface area contributed by atoms with Crippen LogP contribution >= 0.6 is 0 Å². The largest absolute Gasteiger partial charge is 0.393 e. The van der Waals surface area contributed by atoms with E-state index in [0.717, 1.165) is 24.8 Å². The molecule has 1 atom stereocenters. The fourth-order valence-corrected chi connectivity index (χ4v) is 3.36. The average molecular weight is 327 g/mol. The van der Waals surface area contributed by atoms with Gasteiger partial charge in [-0.25, -0.2) is 0 Å². The first kappa shape index (κ1) is 16.7. The van der Waals surface area contributed by atoms with Gasteiger partial charge in [0.15, 0.2) is 0 Å². The van der Waals surface area contributed by atoms with Crippen molar-refractivity contribution in [3.8, 4) is 0 Å². The smallest absolute Gasteiger partial charge is 0.220 e. The Balaban J connectivity index is 1.62. The van der Waals surface area contributed by atoms with Crippen molar-refractivity contribution in [2.45, 2.75) is 44.8 Å². The number of aliphatic hydroxyl groups excluding tert-OH is 1. The van der Waals surface area contributed by atoms with E-state index in [4.69, 9.17) is 0 Å². The molecule has 0 aliphatic heterocycles. The SMILES string of the molecule is Cc1ccccc1CCC(=O)N[C@H](c1cnn(C)c1)C1CC(O)C1. The molecule has 1 amide bonds. The Kier molecular flexibility index (Phi) is 5.00. The maximum absolute atomic E-state index is 12.4. The molecule has 2 N–H and O–H groups in total. The molecule has 1 saturated carbocycles.